The fourth-order valence-electron chi connectivity index (χ4n) is 3.97. The molecule has 3 aromatic rings. The molecule has 28 heavy (non-hydrogen) atoms. The van der Waals surface area contributed by atoms with Gasteiger partial charge in [-0.3, -0.25) is 0 Å². The summed E-state index contributed by atoms with van der Waals surface area (Å²) < 4.78 is 28.2. The third-order valence-corrected chi connectivity index (χ3v) is 7.43. The van der Waals surface area contributed by atoms with Gasteiger partial charge in [0, 0.05) is 29.5 Å². The van der Waals surface area contributed by atoms with E-state index in [0.717, 1.165) is 24.6 Å². The van der Waals surface area contributed by atoms with Crippen LogP contribution < -0.4 is 5.73 Å². The van der Waals surface area contributed by atoms with Gasteiger partial charge in [-0.15, -0.1) is 12.4 Å². The molecule has 1 fully saturated rings. The molecule has 4 rings (SSSR count). The van der Waals surface area contributed by atoms with E-state index in [1.54, 1.807) is 22.5 Å². The number of nitrogen functional groups attached to an aromatic ring is 1. The quantitative estimate of drug-likeness (QED) is 0.637. The highest BCUT2D eigenvalue weighted by Gasteiger charge is 2.30. The molecular formula is C22H25ClN2O2S. The number of rotatable bonds is 4. The number of nitrogens with two attached hydrogens (primary N) is 1. The normalized spacial score (nSPS) is 16.0. The summed E-state index contributed by atoms with van der Waals surface area (Å²) in [4.78, 5) is 0.355. The third-order valence-electron chi connectivity index (χ3n) is 5.47. The highest BCUT2D eigenvalue weighted by Crippen LogP contribution is 2.31. The van der Waals surface area contributed by atoms with Crippen molar-refractivity contribution in [2.24, 2.45) is 5.92 Å². The van der Waals surface area contributed by atoms with Gasteiger partial charge in [-0.2, -0.15) is 4.31 Å². The summed E-state index contributed by atoms with van der Waals surface area (Å²) in [5.41, 5.74) is 7.96. The van der Waals surface area contributed by atoms with Crippen molar-refractivity contribution >= 4 is 38.9 Å². The topological polar surface area (TPSA) is 63.4 Å². The Morgan fingerprint density at radius 2 is 1.50 bits per heavy atom. The molecule has 0 radical (unpaired) electrons. The SMILES string of the molecule is Cl.Nc1cccc2c(S(=O)(=O)N3CCC(Cc4ccccc4)CC3)cccc12. The summed E-state index contributed by atoms with van der Waals surface area (Å²) in [6.45, 7) is 1.14. The maximum absolute atomic E-state index is 13.3. The second-order valence-electron chi connectivity index (χ2n) is 7.24. The molecule has 1 aliphatic rings. The van der Waals surface area contributed by atoms with Crippen molar-refractivity contribution in [3.63, 3.8) is 0 Å². The molecule has 0 spiro atoms. The summed E-state index contributed by atoms with van der Waals surface area (Å²) >= 11 is 0. The van der Waals surface area contributed by atoms with Gasteiger partial charge in [0.2, 0.25) is 10.0 Å². The molecule has 1 heterocycles. The van der Waals surface area contributed by atoms with Crippen LogP contribution in [0.2, 0.25) is 0 Å². The summed E-state index contributed by atoms with van der Waals surface area (Å²) in [5.74, 6) is 0.530. The van der Waals surface area contributed by atoms with Gasteiger partial charge in [0.25, 0.3) is 0 Å². The molecule has 0 aromatic heterocycles. The lowest BCUT2D eigenvalue weighted by Crippen LogP contribution is -2.38. The van der Waals surface area contributed by atoms with Crippen LogP contribution in [0.15, 0.2) is 71.6 Å². The maximum Gasteiger partial charge on any atom is 0.243 e. The van der Waals surface area contributed by atoms with Gasteiger partial charge < -0.3 is 5.73 Å². The molecule has 2 N–H and O–H groups in total. The van der Waals surface area contributed by atoms with Gasteiger partial charge in [-0.1, -0.05) is 54.6 Å². The highest BCUT2D eigenvalue weighted by molar-refractivity contribution is 7.89. The van der Waals surface area contributed by atoms with Gasteiger partial charge >= 0.3 is 0 Å². The van der Waals surface area contributed by atoms with Gasteiger partial charge in [-0.25, -0.2) is 8.42 Å². The second kappa shape index (κ2) is 8.52. The Bertz CT molecular complexity index is 1050. The van der Waals surface area contributed by atoms with Crippen LogP contribution in [0.25, 0.3) is 10.8 Å². The van der Waals surface area contributed by atoms with E-state index in [1.165, 1.54) is 5.56 Å². The Labute approximate surface area is 172 Å². The summed E-state index contributed by atoms with van der Waals surface area (Å²) in [5, 5.41) is 1.49. The zero-order chi connectivity index (χ0) is 18.9. The Kier molecular flexibility index (Phi) is 6.28. The van der Waals surface area contributed by atoms with E-state index in [2.05, 4.69) is 24.3 Å². The van der Waals surface area contributed by atoms with Crippen molar-refractivity contribution in [3.05, 3.63) is 72.3 Å². The van der Waals surface area contributed by atoms with Crippen LogP contribution >= 0.6 is 12.4 Å². The average molecular weight is 417 g/mol. The van der Waals surface area contributed by atoms with Crippen LogP contribution in [-0.4, -0.2) is 25.8 Å². The molecular weight excluding hydrogens is 392 g/mol. The number of hydrogen-bond acceptors (Lipinski definition) is 3. The Morgan fingerprint density at radius 1 is 0.857 bits per heavy atom. The number of nitrogens with zero attached hydrogens (tertiary/aromatic N) is 1. The highest BCUT2D eigenvalue weighted by atomic mass is 35.5. The summed E-state index contributed by atoms with van der Waals surface area (Å²) in [6.07, 6.45) is 2.79. The molecule has 1 saturated heterocycles. The van der Waals surface area contributed by atoms with E-state index in [-0.39, 0.29) is 12.4 Å². The number of benzene rings is 3. The molecule has 0 aliphatic carbocycles. The molecule has 0 bridgehead atoms. The number of fused-ring (bicyclic) bond motifs is 1. The van der Waals surface area contributed by atoms with Crippen LogP contribution in [0.3, 0.4) is 0 Å². The maximum atomic E-state index is 13.3. The van der Waals surface area contributed by atoms with Crippen molar-refractivity contribution in [1.82, 2.24) is 4.31 Å². The van der Waals surface area contributed by atoms with Crippen LogP contribution in [0.1, 0.15) is 18.4 Å². The lowest BCUT2D eigenvalue weighted by atomic mass is 9.91. The number of anilines is 1. The lowest BCUT2D eigenvalue weighted by molar-refractivity contribution is 0.273. The molecule has 1 aliphatic heterocycles. The van der Waals surface area contributed by atoms with E-state index >= 15 is 0 Å². The largest absolute Gasteiger partial charge is 0.398 e. The molecule has 3 aromatic carbocycles. The van der Waals surface area contributed by atoms with Crippen LogP contribution in [-0.2, 0) is 16.4 Å². The lowest BCUT2D eigenvalue weighted by Gasteiger charge is -2.31. The smallest absolute Gasteiger partial charge is 0.243 e. The first kappa shape index (κ1) is 20.6. The zero-order valence-corrected chi connectivity index (χ0v) is 17.3. The van der Waals surface area contributed by atoms with Gasteiger partial charge in [-0.05, 0) is 42.9 Å². The minimum atomic E-state index is -3.52. The fourth-order valence-corrected chi connectivity index (χ4v) is 5.65. The van der Waals surface area contributed by atoms with Gasteiger partial charge in [0.15, 0.2) is 0 Å². The van der Waals surface area contributed by atoms with Crippen LogP contribution in [0.5, 0.6) is 0 Å². The predicted octanol–water partition coefficient (Wildman–Crippen LogP) is 4.49. The number of piperidine rings is 1. The number of halogens is 1. The van der Waals surface area contributed by atoms with E-state index in [4.69, 9.17) is 5.73 Å². The Balaban J connectivity index is 0.00000225. The van der Waals surface area contributed by atoms with Crippen molar-refractivity contribution in [1.29, 1.82) is 0 Å². The monoisotopic (exact) mass is 416 g/mol. The number of sulfonamides is 1. The van der Waals surface area contributed by atoms with Crippen molar-refractivity contribution in [3.8, 4) is 0 Å². The average Bonchev–Trinajstić information content (AvgIpc) is 2.69. The fraction of sp³-hybridized carbons (Fsp3) is 0.273. The second-order valence-corrected chi connectivity index (χ2v) is 9.14. The molecule has 148 valence electrons. The van der Waals surface area contributed by atoms with Gasteiger partial charge in [0.05, 0.1) is 4.90 Å². The summed E-state index contributed by atoms with van der Waals surface area (Å²) in [6, 6.07) is 21.2. The van der Waals surface area contributed by atoms with Crippen molar-refractivity contribution in [2.75, 3.05) is 18.8 Å². The molecule has 0 amide bonds. The molecule has 6 heteroatoms. The first-order chi connectivity index (χ1) is 13.1. The van der Waals surface area contributed by atoms with E-state index in [0.29, 0.717) is 35.0 Å². The van der Waals surface area contributed by atoms with E-state index in [9.17, 15) is 8.42 Å². The van der Waals surface area contributed by atoms with Crippen LogP contribution in [0.4, 0.5) is 5.69 Å². The molecule has 4 nitrogen and oxygen atoms in total. The molecule has 0 atom stereocenters. The minimum absolute atomic E-state index is 0. The first-order valence-electron chi connectivity index (χ1n) is 9.37. The predicted molar refractivity (Wildman–Crippen MR) is 117 cm³/mol. The molecule has 0 unspecified atom stereocenters. The number of hydrogen-bond donors (Lipinski definition) is 1. The van der Waals surface area contributed by atoms with E-state index in [1.807, 2.05) is 24.3 Å². The first-order valence-corrected chi connectivity index (χ1v) is 10.8. The molecule has 0 saturated carbocycles. The Morgan fingerprint density at radius 3 is 2.21 bits per heavy atom. The minimum Gasteiger partial charge on any atom is -0.398 e. The van der Waals surface area contributed by atoms with Crippen molar-refractivity contribution in [2.45, 2.75) is 24.2 Å². The standard InChI is InChI=1S/C22H24N2O2S.ClH/c23-21-10-4-9-20-19(21)8-5-11-22(20)27(25,26)24-14-12-18(13-15-24)16-17-6-2-1-3-7-17;/h1-11,18H,12-16,23H2;1H. The van der Waals surface area contributed by atoms with Crippen molar-refractivity contribution < 1.29 is 8.42 Å². The van der Waals surface area contributed by atoms with Gasteiger partial charge in [0.1, 0.15) is 0 Å². The Hall–Kier alpha value is -2.08. The third kappa shape index (κ3) is 4.02. The summed E-state index contributed by atoms with van der Waals surface area (Å²) in [7, 11) is -3.52. The van der Waals surface area contributed by atoms with E-state index < -0.39 is 10.0 Å². The van der Waals surface area contributed by atoms with Crippen LogP contribution in [0, 0.1) is 5.92 Å². The zero-order valence-electron chi connectivity index (χ0n) is 15.6.